The first-order valence-electron chi connectivity index (χ1n) is 10.8. The first-order chi connectivity index (χ1) is 13.8. The Labute approximate surface area is 176 Å². The van der Waals surface area contributed by atoms with Crippen molar-refractivity contribution in [3.05, 3.63) is 71.8 Å². The fourth-order valence-electron chi connectivity index (χ4n) is 3.63. The third-order valence-corrected chi connectivity index (χ3v) is 6.06. The van der Waals surface area contributed by atoms with Crippen LogP contribution < -0.4 is 0 Å². The molecule has 0 aliphatic carbocycles. The van der Waals surface area contributed by atoms with Gasteiger partial charge in [0.15, 0.2) is 0 Å². The van der Waals surface area contributed by atoms with Gasteiger partial charge in [0.1, 0.15) is 0 Å². The molecular weight excluding hydrogens is 357 g/mol. The Morgan fingerprint density at radius 2 is 1.31 bits per heavy atom. The van der Waals surface area contributed by atoms with E-state index in [1.54, 1.807) is 0 Å². The highest BCUT2D eigenvalue weighted by Crippen LogP contribution is 2.38. The molecule has 1 atom stereocenters. The zero-order valence-corrected chi connectivity index (χ0v) is 18.5. The molecule has 4 heteroatoms. The summed E-state index contributed by atoms with van der Waals surface area (Å²) in [6.07, 6.45) is 4.20. The van der Waals surface area contributed by atoms with Gasteiger partial charge in [-0.3, -0.25) is 4.99 Å². The smallest absolute Gasteiger partial charge is 0.403 e. The largest absolute Gasteiger partial charge is 0.457 e. The molecule has 29 heavy (non-hydrogen) atoms. The first-order valence-corrected chi connectivity index (χ1v) is 10.8. The van der Waals surface area contributed by atoms with Gasteiger partial charge in [-0.15, -0.1) is 0 Å². The lowest BCUT2D eigenvalue weighted by Crippen LogP contribution is -2.41. The lowest BCUT2D eigenvalue weighted by molar-refractivity contribution is 0.00578. The van der Waals surface area contributed by atoms with E-state index in [4.69, 9.17) is 14.3 Å². The van der Waals surface area contributed by atoms with Gasteiger partial charge in [-0.05, 0) is 47.4 Å². The van der Waals surface area contributed by atoms with Crippen molar-refractivity contribution < 1.29 is 9.31 Å². The minimum Gasteiger partial charge on any atom is -0.403 e. The molecule has 2 aromatic rings. The highest BCUT2D eigenvalue weighted by Gasteiger charge is 2.50. The number of hydrogen-bond acceptors (Lipinski definition) is 3. The van der Waals surface area contributed by atoms with E-state index in [1.165, 1.54) is 11.1 Å². The lowest BCUT2D eigenvalue weighted by atomic mass is 9.82. The van der Waals surface area contributed by atoms with Crippen LogP contribution in [0.25, 0.3) is 0 Å². The molecule has 1 aliphatic heterocycles. The first kappa shape index (κ1) is 21.8. The summed E-state index contributed by atoms with van der Waals surface area (Å²) in [4.78, 5) is 5.09. The van der Waals surface area contributed by atoms with Crippen molar-refractivity contribution in [3.8, 4) is 0 Å². The van der Waals surface area contributed by atoms with E-state index >= 15 is 0 Å². The Hall–Kier alpha value is -1.91. The van der Waals surface area contributed by atoms with Crippen LogP contribution in [0.3, 0.4) is 0 Å². The molecule has 1 saturated heterocycles. The van der Waals surface area contributed by atoms with Crippen molar-refractivity contribution in [2.24, 2.45) is 4.99 Å². The van der Waals surface area contributed by atoms with Gasteiger partial charge in [0.05, 0.1) is 16.9 Å². The molecule has 1 unspecified atom stereocenters. The van der Waals surface area contributed by atoms with Crippen molar-refractivity contribution in [2.45, 2.75) is 77.4 Å². The summed E-state index contributed by atoms with van der Waals surface area (Å²) < 4.78 is 12.2. The topological polar surface area (TPSA) is 30.8 Å². The SMILES string of the molecule is CC(CCCCB1OC(C)(C)C(C)(C)O1)N=C(c1ccccc1)c1ccccc1. The zero-order chi connectivity index (χ0) is 20.9. The van der Waals surface area contributed by atoms with E-state index < -0.39 is 0 Å². The molecule has 0 saturated carbocycles. The van der Waals surface area contributed by atoms with Crippen LogP contribution in [0.4, 0.5) is 0 Å². The number of hydrogen-bond donors (Lipinski definition) is 0. The van der Waals surface area contributed by atoms with Crippen LogP contribution in [-0.2, 0) is 9.31 Å². The van der Waals surface area contributed by atoms with E-state index in [0.717, 1.165) is 31.3 Å². The molecule has 0 bridgehead atoms. The van der Waals surface area contributed by atoms with Crippen LogP contribution in [0.15, 0.2) is 65.7 Å². The summed E-state index contributed by atoms with van der Waals surface area (Å²) >= 11 is 0. The second-order valence-electron chi connectivity index (χ2n) is 9.03. The van der Waals surface area contributed by atoms with Gasteiger partial charge in [-0.2, -0.15) is 0 Å². The van der Waals surface area contributed by atoms with Gasteiger partial charge in [0, 0.05) is 17.2 Å². The summed E-state index contributed by atoms with van der Waals surface area (Å²) in [6, 6.07) is 21.2. The molecule has 1 heterocycles. The predicted molar refractivity (Wildman–Crippen MR) is 123 cm³/mol. The summed E-state index contributed by atoms with van der Waals surface area (Å²) in [6.45, 7) is 10.6. The molecule has 154 valence electrons. The van der Waals surface area contributed by atoms with Gasteiger partial charge in [0.25, 0.3) is 0 Å². The van der Waals surface area contributed by atoms with Gasteiger partial charge in [-0.1, -0.05) is 73.5 Å². The molecule has 1 fully saturated rings. The quantitative estimate of drug-likeness (QED) is 0.306. The molecule has 0 aromatic heterocycles. The Bertz CT molecular complexity index is 745. The second-order valence-corrected chi connectivity index (χ2v) is 9.03. The summed E-state index contributed by atoms with van der Waals surface area (Å²) in [5, 5.41) is 0. The minimum absolute atomic E-state index is 0.0944. The summed E-state index contributed by atoms with van der Waals surface area (Å²) in [7, 11) is -0.0944. The van der Waals surface area contributed by atoms with Crippen molar-refractivity contribution >= 4 is 12.8 Å². The van der Waals surface area contributed by atoms with Crippen molar-refractivity contribution in [1.82, 2.24) is 0 Å². The van der Waals surface area contributed by atoms with Crippen molar-refractivity contribution in [3.63, 3.8) is 0 Å². The maximum Gasteiger partial charge on any atom is 0.457 e. The van der Waals surface area contributed by atoms with E-state index in [9.17, 15) is 0 Å². The third-order valence-electron chi connectivity index (χ3n) is 6.06. The highest BCUT2D eigenvalue weighted by atomic mass is 16.7. The summed E-state index contributed by atoms with van der Waals surface area (Å²) in [5.41, 5.74) is 2.93. The highest BCUT2D eigenvalue weighted by molar-refractivity contribution is 6.45. The van der Waals surface area contributed by atoms with Gasteiger partial charge in [-0.25, -0.2) is 0 Å². The van der Waals surface area contributed by atoms with E-state index in [1.807, 2.05) is 12.1 Å². The number of benzene rings is 2. The van der Waals surface area contributed by atoms with E-state index in [-0.39, 0.29) is 24.4 Å². The third kappa shape index (κ3) is 5.58. The second kappa shape index (κ2) is 9.27. The summed E-state index contributed by atoms with van der Waals surface area (Å²) in [5.74, 6) is 0. The van der Waals surface area contributed by atoms with Gasteiger partial charge < -0.3 is 9.31 Å². The standard InChI is InChI=1S/C25H34BNO2/c1-20(14-12-13-19-26-28-24(2,3)25(4,5)29-26)27-23(21-15-8-6-9-16-21)22-17-10-7-11-18-22/h6-11,15-18,20H,12-14,19H2,1-5H3. The van der Waals surface area contributed by atoms with Crippen LogP contribution in [-0.4, -0.2) is 30.1 Å². The number of aliphatic imine (C=N–C) groups is 1. The van der Waals surface area contributed by atoms with Crippen LogP contribution in [0.1, 0.15) is 65.0 Å². The fourth-order valence-corrected chi connectivity index (χ4v) is 3.63. The van der Waals surface area contributed by atoms with Gasteiger partial charge in [0.2, 0.25) is 0 Å². The Morgan fingerprint density at radius 1 is 0.828 bits per heavy atom. The van der Waals surface area contributed by atoms with Crippen molar-refractivity contribution in [2.75, 3.05) is 0 Å². The molecule has 0 amide bonds. The van der Waals surface area contributed by atoms with Crippen LogP contribution in [0, 0.1) is 0 Å². The van der Waals surface area contributed by atoms with E-state index in [2.05, 4.69) is 83.1 Å². The fraction of sp³-hybridized carbons (Fsp3) is 0.480. The number of nitrogens with zero attached hydrogens (tertiary/aromatic N) is 1. The molecule has 0 N–H and O–H groups in total. The van der Waals surface area contributed by atoms with Crippen LogP contribution in [0.5, 0.6) is 0 Å². The number of rotatable bonds is 8. The average Bonchev–Trinajstić information content (AvgIpc) is 2.91. The van der Waals surface area contributed by atoms with Gasteiger partial charge >= 0.3 is 7.12 Å². The van der Waals surface area contributed by atoms with Crippen LogP contribution in [0.2, 0.25) is 6.32 Å². The molecule has 3 rings (SSSR count). The zero-order valence-electron chi connectivity index (χ0n) is 18.5. The normalized spacial score (nSPS) is 18.4. The molecule has 0 radical (unpaired) electrons. The van der Waals surface area contributed by atoms with Crippen molar-refractivity contribution in [1.29, 1.82) is 0 Å². The molecule has 0 spiro atoms. The van der Waals surface area contributed by atoms with Crippen LogP contribution >= 0.6 is 0 Å². The molecule has 3 nitrogen and oxygen atoms in total. The van der Waals surface area contributed by atoms with E-state index in [0.29, 0.717) is 0 Å². The maximum atomic E-state index is 6.10. The molecular formula is C25H34BNO2. The maximum absolute atomic E-state index is 6.10. The Kier molecular flexibility index (Phi) is 6.97. The minimum atomic E-state index is -0.241. The molecule has 1 aliphatic rings. The predicted octanol–water partition coefficient (Wildman–Crippen LogP) is 6.18. The monoisotopic (exact) mass is 391 g/mol. The Morgan fingerprint density at radius 3 is 1.79 bits per heavy atom. The lowest BCUT2D eigenvalue weighted by Gasteiger charge is -2.32. The number of unbranched alkanes of at least 4 members (excludes halogenated alkanes) is 1. The Balaban J connectivity index is 1.56. The molecule has 2 aromatic carbocycles. The average molecular weight is 391 g/mol.